The molecule has 3 nitrogen and oxygen atoms in total. The van der Waals surface area contributed by atoms with Crippen LogP contribution in [0.25, 0.3) is 16.8 Å². The Labute approximate surface area is 125 Å². The average Bonchev–Trinajstić information content (AvgIpc) is 2.93. The molecule has 3 heteroatoms. The van der Waals surface area contributed by atoms with E-state index in [0.29, 0.717) is 6.54 Å². The molecule has 0 unspecified atom stereocenters. The summed E-state index contributed by atoms with van der Waals surface area (Å²) in [6.07, 6.45) is 2.74. The highest BCUT2D eigenvalue weighted by Crippen LogP contribution is 2.26. The molecule has 0 spiro atoms. The van der Waals surface area contributed by atoms with Crippen LogP contribution in [0.3, 0.4) is 0 Å². The first-order chi connectivity index (χ1) is 10.3. The van der Waals surface area contributed by atoms with Crippen molar-refractivity contribution in [3.05, 3.63) is 72.1 Å². The van der Waals surface area contributed by atoms with Crippen molar-refractivity contribution in [2.45, 2.75) is 13.3 Å². The first-order valence-electron chi connectivity index (χ1n) is 7.19. The predicted molar refractivity (Wildman–Crippen MR) is 86.5 cm³/mol. The van der Waals surface area contributed by atoms with Crippen LogP contribution in [0.15, 0.2) is 60.8 Å². The van der Waals surface area contributed by atoms with Gasteiger partial charge in [-0.3, -0.25) is 0 Å². The molecule has 1 aromatic heterocycles. The van der Waals surface area contributed by atoms with Crippen LogP contribution in [0, 0.1) is 6.92 Å². The number of hydrogen-bond donors (Lipinski definition) is 1. The van der Waals surface area contributed by atoms with E-state index in [-0.39, 0.29) is 0 Å². The molecule has 1 heterocycles. The highest BCUT2D eigenvalue weighted by Gasteiger charge is 2.13. The van der Waals surface area contributed by atoms with Crippen molar-refractivity contribution in [3.63, 3.8) is 0 Å². The van der Waals surface area contributed by atoms with Crippen molar-refractivity contribution in [3.8, 4) is 16.8 Å². The molecule has 0 aliphatic carbocycles. The number of hydrogen-bond acceptors (Lipinski definition) is 2. The monoisotopic (exact) mass is 277 g/mol. The molecular weight excluding hydrogens is 258 g/mol. The van der Waals surface area contributed by atoms with Gasteiger partial charge >= 0.3 is 0 Å². The van der Waals surface area contributed by atoms with E-state index in [9.17, 15) is 0 Å². The number of aromatic nitrogens is 2. The number of benzene rings is 2. The van der Waals surface area contributed by atoms with Gasteiger partial charge in [-0.05, 0) is 31.2 Å². The molecule has 3 rings (SSSR count). The number of nitrogens with two attached hydrogens (primary N) is 1. The second kappa shape index (κ2) is 5.94. The maximum absolute atomic E-state index is 5.80. The van der Waals surface area contributed by atoms with Crippen LogP contribution >= 0.6 is 0 Å². The molecule has 0 amide bonds. The second-order valence-corrected chi connectivity index (χ2v) is 5.16. The molecule has 2 N–H and O–H groups in total. The summed E-state index contributed by atoms with van der Waals surface area (Å²) in [5.41, 5.74) is 11.6. The Balaban J connectivity index is 2.10. The van der Waals surface area contributed by atoms with E-state index < -0.39 is 0 Å². The molecule has 0 bridgehead atoms. The van der Waals surface area contributed by atoms with Gasteiger partial charge in [0.15, 0.2) is 0 Å². The Hall–Kier alpha value is -2.39. The summed E-state index contributed by atoms with van der Waals surface area (Å²) in [6, 6.07) is 18.7. The number of nitrogens with zero attached hydrogens (tertiary/aromatic N) is 2. The van der Waals surface area contributed by atoms with E-state index >= 15 is 0 Å². The summed E-state index contributed by atoms with van der Waals surface area (Å²) < 4.78 is 1.99. The van der Waals surface area contributed by atoms with Crippen molar-refractivity contribution in [2.24, 2.45) is 5.73 Å². The van der Waals surface area contributed by atoms with Crippen molar-refractivity contribution >= 4 is 0 Å². The number of aryl methyl sites for hydroxylation is 1. The Morgan fingerprint density at radius 2 is 1.71 bits per heavy atom. The van der Waals surface area contributed by atoms with E-state index in [1.54, 1.807) is 0 Å². The molecule has 0 fully saturated rings. The molecule has 3 aromatic rings. The summed E-state index contributed by atoms with van der Waals surface area (Å²) in [6.45, 7) is 2.70. The van der Waals surface area contributed by atoms with Crippen molar-refractivity contribution in [1.29, 1.82) is 0 Å². The predicted octanol–water partition coefficient (Wildman–Crippen LogP) is 3.35. The van der Waals surface area contributed by atoms with E-state index in [0.717, 1.165) is 23.4 Å². The van der Waals surface area contributed by atoms with Gasteiger partial charge in [-0.1, -0.05) is 48.0 Å². The third kappa shape index (κ3) is 2.73. The second-order valence-electron chi connectivity index (χ2n) is 5.16. The molecular formula is C18H19N3. The summed E-state index contributed by atoms with van der Waals surface area (Å²) in [4.78, 5) is 0. The Bertz CT molecular complexity index is 712. The topological polar surface area (TPSA) is 43.8 Å². The van der Waals surface area contributed by atoms with Gasteiger partial charge in [-0.15, -0.1) is 0 Å². The number of rotatable bonds is 4. The lowest BCUT2D eigenvalue weighted by Gasteiger charge is -2.09. The van der Waals surface area contributed by atoms with E-state index in [4.69, 9.17) is 5.73 Å². The Kier molecular flexibility index (Phi) is 3.84. The summed E-state index contributed by atoms with van der Waals surface area (Å²) in [7, 11) is 0. The van der Waals surface area contributed by atoms with Gasteiger partial charge in [-0.2, -0.15) is 5.10 Å². The zero-order valence-electron chi connectivity index (χ0n) is 12.2. The summed E-state index contributed by atoms with van der Waals surface area (Å²) in [5, 5.41) is 4.56. The highest BCUT2D eigenvalue weighted by atomic mass is 15.3. The van der Waals surface area contributed by atoms with E-state index in [1.165, 1.54) is 11.1 Å². The zero-order chi connectivity index (χ0) is 14.7. The van der Waals surface area contributed by atoms with Crippen LogP contribution in [0.4, 0.5) is 0 Å². The van der Waals surface area contributed by atoms with E-state index in [1.807, 2.05) is 29.1 Å². The fourth-order valence-corrected chi connectivity index (χ4v) is 2.52. The van der Waals surface area contributed by atoms with Crippen LogP contribution in [-0.2, 0) is 6.42 Å². The maximum Gasteiger partial charge on any atom is 0.0649 e. The molecule has 106 valence electrons. The largest absolute Gasteiger partial charge is 0.330 e. The van der Waals surface area contributed by atoms with Gasteiger partial charge in [0.2, 0.25) is 0 Å². The molecule has 0 saturated carbocycles. The molecule has 2 aromatic carbocycles. The van der Waals surface area contributed by atoms with Crippen molar-refractivity contribution in [2.75, 3.05) is 6.54 Å². The van der Waals surface area contributed by atoms with Gasteiger partial charge in [-0.25, -0.2) is 4.68 Å². The van der Waals surface area contributed by atoms with Crippen LogP contribution in [0.1, 0.15) is 11.3 Å². The van der Waals surface area contributed by atoms with Crippen LogP contribution < -0.4 is 5.73 Å². The molecule has 21 heavy (non-hydrogen) atoms. The normalized spacial score (nSPS) is 10.8. The van der Waals surface area contributed by atoms with E-state index in [2.05, 4.69) is 48.4 Å². The van der Waals surface area contributed by atoms with Crippen molar-refractivity contribution in [1.82, 2.24) is 9.78 Å². The SMILES string of the molecule is Cc1ccc(-c2cnn(-c3ccccc3)c2CCN)cc1. The van der Waals surface area contributed by atoms with Crippen LogP contribution in [0.2, 0.25) is 0 Å². The van der Waals surface area contributed by atoms with Crippen LogP contribution in [0.5, 0.6) is 0 Å². The minimum absolute atomic E-state index is 0.609. The molecule has 0 aliphatic rings. The standard InChI is InChI=1S/C18H19N3/c1-14-7-9-15(10-8-14)17-13-20-21(18(17)11-12-19)16-5-3-2-4-6-16/h2-10,13H,11-12,19H2,1H3. The third-order valence-electron chi connectivity index (χ3n) is 3.61. The quantitative estimate of drug-likeness (QED) is 0.794. The fourth-order valence-electron chi connectivity index (χ4n) is 2.52. The fraction of sp³-hybridized carbons (Fsp3) is 0.167. The van der Waals surface area contributed by atoms with Gasteiger partial charge in [0.25, 0.3) is 0 Å². The van der Waals surface area contributed by atoms with Gasteiger partial charge in [0.1, 0.15) is 0 Å². The lowest BCUT2D eigenvalue weighted by molar-refractivity contribution is 0.792. The maximum atomic E-state index is 5.80. The molecule has 0 atom stereocenters. The Morgan fingerprint density at radius 3 is 2.38 bits per heavy atom. The zero-order valence-corrected chi connectivity index (χ0v) is 12.2. The average molecular weight is 277 g/mol. The Morgan fingerprint density at radius 1 is 1.00 bits per heavy atom. The first-order valence-corrected chi connectivity index (χ1v) is 7.19. The molecule has 0 saturated heterocycles. The molecule has 0 aliphatic heterocycles. The minimum Gasteiger partial charge on any atom is -0.330 e. The third-order valence-corrected chi connectivity index (χ3v) is 3.61. The lowest BCUT2D eigenvalue weighted by atomic mass is 10.0. The minimum atomic E-state index is 0.609. The lowest BCUT2D eigenvalue weighted by Crippen LogP contribution is -2.09. The molecule has 0 radical (unpaired) electrons. The number of para-hydroxylation sites is 1. The smallest absolute Gasteiger partial charge is 0.0649 e. The summed E-state index contributed by atoms with van der Waals surface area (Å²) in [5.74, 6) is 0. The first kappa shape index (κ1) is 13.6. The summed E-state index contributed by atoms with van der Waals surface area (Å²) >= 11 is 0. The van der Waals surface area contributed by atoms with Crippen LogP contribution in [-0.4, -0.2) is 16.3 Å². The van der Waals surface area contributed by atoms with Gasteiger partial charge in [0.05, 0.1) is 17.6 Å². The van der Waals surface area contributed by atoms with Gasteiger partial charge < -0.3 is 5.73 Å². The van der Waals surface area contributed by atoms with Crippen molar-refractivity contribution < 1.29 is 0 Å². The highest BCUT2D eigenvalue weighted by molar-refractivity contribution is 5.66. The van der Waals surface area contributed by atoms with Gasteiger partial charge in [0, 0.05) is 12.0 Å².